The molecule has 30 heavy (non-hydrogen) atoms. The van der Waals surface area contributed by atoms with Crippen LogP contribution >= 0.6 is 0 Å². The number of urea groups is 1. The minimum absolute atomic E-state index is 0.00552. The van der Waals surface area contributed by atoms with Crippen molar-refractivity contribution in [2.24, 2.45) is 0 Å². The molecule has 4 amide bonds. The lowest BCUT2D eigenvalue weighted by Gasteiger charge is -2.29. The second kappa shape index (κ2) is 7.59. The smallest absolute Gasteiger partial charge is 0.308 e. The van der Waals surface area contributed by atoms with Gasteiger partial charge in [0.25, 0.3) is 11.8 Å². The van der Waals surface area contributed by atoms with E-state index in [4.69, 9.17) is 0 Å². The predicted molar refractivity (Wildman–Crippen MR) is 115 cm³/mol. The Morgan fingerprint density at radius 2 is 1.67 bits per heavy atom. The highest BCUT2D eigenvalue weighted by Crippen LogP contribution is 2.33. The molecule has 1 saturated carbocycles. The molecule has 0 atom stereocenters. The molecule has 1 fully saturated rings. The van der Waals surface area contributed by atoms with Gasteiger partial charge in [-0.3, -0.25) is 19.4 Å². The van der Waals surface area contributed by atoms with Gasteiger partial charge in [-0.05, 0) is 55.5 Å². The van der Waals surface area contributed by atoms with Gasteiger partial charge in [-0.1, -0.05) is 37.5 Å². The van der Waals surface area contributed by atoms with Crippen molar-refractivity contribution in [1.29, 1.82) is 0 Å². The summed E-state index contributed by atoms with van der Waals surface area (Å²) >= 11 is 0. The molecule has 3 aliphatic rings. The molecule has 2 aromatic rings. The maximum absolute atomic E-state index is 13.0. The van der Waals surface area contributed by atoms with Crippen molar-refractivity contribution in [1.82, 2.24) is 4.90 Å². The van der Waals surface area contributed by atoms with Crippen LogP contribution in [0.5, 0.6) is 0 Å². The standard InChI is InChI=1S/C24H25N3O3/c28-22-19-13-12-17(15-20(19)23(29)27(22)18-9-2-1-3-10-18)25-24(30)26-14-6-8-16-7-4-5-11-21(16)26/h4-5,7,11-13,15,18H,1-3,6,8-10,14H2,(H,25,30). The van der Waals surface area contributed by atoms with Crippen molar-refractivity contribution >= 4 is 29.2 Å². The van der Waals surface area contributed by atoms with Crippen LogP contribution in [0.4, 0.5) is 16.2 Å². The molecule has 2 aromatic carbocycles. The number of imide groups is 1. The van der Waals surface area contributed by atoms with Crippen molar-refractivity contribution in [3.05, 3.63) is 59.2 Å². The molecule has 0 saturated heterocycles. The number of anilines is 2. The topological polar surface area (TPSA) is 69.7 Å². The Kier molecular flexibility index (Phi) is 4.77. The highest BCUT2D eigenvalue weighted by Gasteiger charge is 2.40. The summed E-state index contributed by atoms with van der Waals surface area (Å²) < 4.78 is 0. The van der Waals surface area contributed by atoms with E-state index in [1.165, 1.54) is 4.90 Å². The minimum atomic E-state index is -0.235. The number of carbonyl (C=O) groups excluding carboxylic acids is 3. The molecule has 2 aliphatic heterocycles. The van der Waals surface area contributed by atoms with E-state index in [1.807, 2.05) is 24.3 Å². The number of amides is 4. The lowest BCUT2D eigenvalue weighted by atomic mass is 9.94. The molecular formula is C24H25N3O3. The molecule has 2 heterocycles. The number of para-hydroxylation sites is 1. The van der Waals surface area contributed by atoms with E-state index in [2.05, 4.69) is 5.32 Å². The van der Waals surface area contributed by atoms with E-state index >= 15 is 0 Å². The van der Waals surface area contributed by atoms with Crippen LogP contribution < -0.4 is 10.2 Å². The van der Waals surface area contributed by atoms with E-state index in [0.717, 1.165) is 56.2 Å². The lowest BCUT2D eigenvalue weighted by molar-refractivity contribution is 0.0549. The maximum atomic E-state index is 13.0. The molecular weight excluding hydrogens is 378 g/mol. The number of aryl methyl sites for hydroxylation is 1. The Labute approximate surface area is 175 Å². The van der Waals surface area contributed by atoms with E-state index in [0.29, 0.717) is 23.4 Å². The van der Waals surface area contributed by atoms with Gasteiger partial charge in [-0.2, -0.15) is 0 Å². The van der Waals surface area contributed by atoms with Crippen molar-refractivity contribution < 1.29 is 14.4 Å². The predicted octanol–water partition coefficient (Wildman–Crippen LogP) is 4.60. The van der Waals surface area contributed by atoms with Crippen LogP contribution in [0, 0.1) is 0 Å². The van der Waals surface area contributed by atoms with Gasteiger partial charge in [0.05, 0.1) is 11.1 Å². The fraction of sp³-hybridized carbons (Fsp3) is 0.375. The number of benzene rings is 2. The fourth-order valence-corrected chi connectivity index (χ4v) is 4.94. The molecule has 5 rings (SSSR count). The first-order valence-electron chi connectivity index (χ1n) is 10.8. The zero-order chi connectivity index (χ0) is 20.7. The quantitative estimate of drug-likeness (QED) is 0.745. The van der Waals surface area contributed by atoms with Gasteiger partial charge in [0.1, 0.15) is 0 Å². The summed E-state index contributed by atoms with van der Waals surface area (Å²) in [5.74, 6) is -0.439. The third kappa shape index (κ3) is 3.16. The van der Waals surface area contributed by atoms with Crippen LogP contribution in [0.25, 0.3) is 0 Å². The zero-order valence-electron chi connectivity index (χ0n) is 16.9. The van der Waals surface area contributed by atoms with E-state index < -0.39 is 0 Å². The number of hydrogen-bond donors (Lipinski definition) is 1. The molecule has 1 aliphatic carbocycles. The summed E-state index contributed by atoms with van der Waals surface area (Å²) in [7, 11) is 0. The Bertz CT molecular complexity index is 1030. The molecule has 6 heteroatoms. The number of fused-ring (bicyclic) bond motifs is 2. The van der Waals surface area contributed by atoms with Crippen LogP contribution in [0.2, 0.25) is 0 Å². The Morgan fingerprint density at radius 1 is 0.900 bits per heavy atom. The SMILES string of the molecule is O=C(Nc1ccc2c(c1)C(=O)N(C1CCCCC1)C2=O)N1CCCc2ccccc21. The first-order valence-corrected chi connectivity index (χ1v) is 10.8. The maximum Gasteiger partial charge on any atom is 0.326 e. The van der Waals surface area contributed by atoms with Crippen molar-refractivity contribution in [3.63, 3.8) is 0 Å². The monoisotopic (exact) mass is 403 g/mol. The van der Waals surface area contributed by atoms with Gasteiger partial charge in [0.2, 0.25) is 0 Å². The first kappa shape index (κ1) is 18.9. The number of nitrogens with one attached hydrogen (secondary N) is 1. The number of carbonyl (C=O) groups is 3. The highest BCUT2D eigenvalue weighted by molar-refractivity contribution is 6.22. The molecule has 1 N–H and O–H groups in total. The van der Waals surface area contributed by atoms with Gasteiger partial charge in [0.15, 0.2) is 0 Å². The third-order valence-corrected chi connectivity index (χ3v) is 6.46. The van der Waals surface area contributed by atoms with Crippen LogP contribution in [0.15, 0.2) is 42.5 Å². The van der Waals surface area contributed by atoms with Crippen LogP contribution in [-0.2, 0) is 6.42 Å². The highest BCUT2D eigenvalue weighted by atomic mass is 16.2. The second-order valence-corrected chi connectivity index (χ2v) is 8.35. The summed E-state index contributed by atoms with van der Waals surface area (Å²) in [6.45, 7) is 0.653. The van der Waals surface area contributed by atoms with Gasteiger partial charge in [-0.25, -0.2) is 4.79 Å². The van der Waals surface area contributed by atoms with Gasteiger partial charge >= 0.3 is 6.03 Å². The molecule has 0 spiro atoms. The Hall–Kier alpha value is -3.15. The molecule has 0 radical (unpaired) electrons. The molecule has 6 nitrogen and oxygen atoms in total. The normalized spacial score (nSPS) is 18.9. The Balaban J connectivity index is 1.36. The van der Waals surface area contributed by atoms with Gasteiger partial charge in [-0.15, -0.1) is 0 Å². The van der Waals surface area contributed by atoms with Crippen molar-refractivity contribution in [3.8, 4) is 0 Å². The summed E-state index contributed by atoms with van der Waals surface area (Å²) in [6.07, 6.45) is 6.90. The van der Waals surface area contributed by atoms with E-state index in [-0.39, 0.29) is 23.9 Å². The molecule has 0 unspecified atom stereocenters. The average Bonchev–Trinajstić information content (AvgIpc) is 3.03. The van der Waals surface area contributed by atoms with Crippen molar-refractivity contribution in [2.45, 2.75) is 51.0 Å². The number of nitrogens with zero attached hydrogens (tertiary/aromatic N) is 2. The van der Waals surface area contributed by atoms with Crippen LogP contribution in [0.1, 0.15) is 64.8 Å². The number of rotatable bonds is 2. The Morgan fingerprint density at radius 3 is 2.50 bits per heavy atom. The average molecular weight is 403 g/mol. The van der Waals surface area contributed by atoms with Crippen LogP contribution in [0.3, 0.4) is 0 Å². The molecule has 154 valence electrons. The first-order chi connectivity index (χ1) is 14.6. The second-order valence-electron chi connectivity index (χ2n) is 8.35. The number of hydrogen-bond acceptors (Lipinski definition) is 3. The van der Waals surface area contributed by atoms with E-state index in [1.54, 1.807) is 23.1 Å². The van der Waals surface area contributed by atoms with Crippen LogP contribution in [-0.4, -0.2) is 35.3 Å². The van der Waals surface area contributed by atoms with Gasteiger partial charge < -0.3 is 5.32 Å². The van der Waals surface area contributed by atoms with Crippen molar-refractivity contribution in [2.75, 3.05) is 16.8 Å². The minimum Gasteiger partial charge on any atom is -0.308 e. The van der Waals surface area contributed by atoms with E-state index in [9.17, 15) is 14.4 Å². The largest absolute Gasteiger partial charge is 0.326 e. The third-order valence-electron chi connectivity index (χ3n) is 6.46. The molecule has 0 aromatic heterocycles. The zero-order valence-corrected chi connectivity index (χ0v) is 16.9. The summed E-state index contributed by atoms with van der Waals surface area (Å²) in [4.78, 5) is 42.0. The lowest BCUT2D eigenvalue weighted by Crippen LogP contribution is -2.40. The summed E-state index contributed by atoms with van der Waals surface area (Å²) in [5, 5.41) is 2.92. The summed E-state index contributed by atoms with van der Waals surface area (Å²) in [6, 6.07) is 12.7. The fourth-order valence-electron chi connectivity index (χ4n) is 4.94. The van der Waals surface area contributed by atoms with Gasteiger partial charge in [0, 0.05) is 24.0 Å². The summed E-state index contributed by atoms with van der Waals surface area (Å²) in [5.41, 5.74) is 3.46. The molecule has 0 bridgehead atoms.